The number of rotatable bonds is 6. The van der Waals surface area contributed by atoms with Crippen molar-refractivity contribution >= 4 is 32.9 Å². The zero-order valence-electron chi connectivity index (χ0n) is 5.30. The van der Waals surface area contributed by atoms with Gasteiger partial charge in [0.05, 0.1) is 14.2 Å². The fourth-order valence-corrected chi connectivity index (χ4v) is 1.33. The van der Waals surface area contributed by atoms with E-state index in [0.717, 1.165) is 0 Å². The predicted molar refractivity (Wildman–Crippen MR) is 39.0 cm³/mol. The smallest absolute Gasteiger partial charge is 0.291 e. The molecule has 0 spiro atoms. The molecule has 0 fully saturated rings. The molecule has 0 atom stereocenters. The lowest BCUT2D eigenvalue weighted by Gasteiger charge is -1.83. The molecule has 0 bridgehead atoms. The molecule has 0 aromatic heterocycles. The van der Waals surface area contributed by atoms with Crippen molar-refractivity contribution < 1.29 is 20.9 Å². The van der Waals surface area contributed by atoms with E-state index in [1.807, 2.05) is 0 Å². The number of hydrogen-bond donors (Lipinski definition) is 0. The van der Waals surface area contributed by atoms with Gasteiger partial charge in [0.2, 0.25) is 24.6 Å². The minimum absolute atomic E-state index is 0.589. The molecule has 0 radical (unpaired) electrons. The van der Waals surface area contributed by atoms with Crippen molar-refractivity contribution in [3.8, 4) is 0 Å². The van der Waals surface area contributed by atoms with Gasteiger partial charge in [-0.2, -0.15) is 0 Å². The monoisotopic (exact) mass is 205 g/mol. The molecule has 0 saturated carbocycles. The van der Waals surface area contributed by atoms with Crippen LogP contribution in [0, 0.1) is 0 Å². The summed E-state index contributed by atoms with van der Waals surface area (Å²) in [6, 6.07) is 0. The van der Waals surface area contributed by atoms with Crippen molar-refractivity contribution in [3.05, 3.63) is 0 Å². The SMILES string of the molecule is COSO[P+](=O)OSOC. The van der Waals surface area contributed by atoms with Crippen molar-refractivity contribution in [3.63, 3.8) is 0 Å². The van der Waals surface area contributed by atoms with Gasteiger partial charge in [-0.1, -0.05) is 0 Å². The first-order valence-corrected chi connectivity index (χ1v) is 4.46. The van der Waals surface area contributed by atoms with Crippen LogP contribution in [0.25, 0.3) is 0 Å². The first-order chi connectivity index (χ1) is 4.81. The van der Waals surface area contributed by atoms with Crippen LogP contribution in [0.5, 0.6) is 0 Å². The molecule has 8 heteroatoms. The summed E-state index contributed by atoms with van der Waals surface area (Å²) in [6.45, 7) is 0. The van der Waals surface area contributed by atoms with E-state index in [0.29, 0.717) is 24.6 Å². The second-order valence-corrected chi connectivity index (χ2v) is 3.42. The highest BCUT2D eigenvalue weighted by Crippen LogP contribution is 2.34. The van der Waals surface area contributed by atoms with Gasteiger partial charge in [0.15, 0.2) is 0 Å². The van der Waals surface area contributed by atoms with Crippen molar-refractivity contribution in [1.82, 2.24) is 0 Å². The van der Waals surface area contributed by atoms with Crippen LogP contribution in [0.2, 0.25) is 0 Å². The Morgan fingerprint density at radius 1 is 1.10 bits per heavy atom. The van der Waals surface area contributed by atoms with Crippen LogP contribution in [0.4, 0.5) is 0 Å². The first-order valence-electron chi connectivity index (χ1n) is 2.03. The molecule has 0 heterocycles. The summed E-state index contributed by atoms with van der Waals surface area (Å²) in [6.07, 6.45) is 0. The van der Waals surface area contributed by atoms with Crippen LogP contribution in [0.1, 0.15) is 0 Å². The molecular formula is C2H6O5PS2+. The van der Waals surface area contributed by atoms with E-state index in [4.69, 9.17) is 0 Å². The number of hydrogen-bond acceptors (Lipinski definition) is 7. The van der Waals surface area contributed by atoms with Gasteiger partial charge >= 0.3 is 8.25 Å². The van der Waals surface area contributed by atoms with Gasteiger partial charge in [-0.05, 0) is 7.94 Å². The highest BCUT2D eigenvalue weighted by molar-refractivity contribution is 7.95. The molecule has 0 aromatic rings. The Morgan fingerprint density at radius 3 is 1.80 bits per heavy atom. The van der Waals surface area contributed by atoms with Crippen molar-refractivity contribution in [2.45, 2.75) is 0 Å². The van der Waals surface area contributed by atoms with Crippen molar-refractivity contribution in [2.75, 3.05) is 14.2 Å². The Hall–Kier alpha value is 0.640. The summed E-state index contributed by atoms with van der Waals surface area (Å²) in [7, 11) is 0.606. The van der Waals surface area contributed by atoms with Gasteiger partial charge in [0.1, 0.15) is 0 Å². The molecule has 0 aliphatic carbocycles. The Labute approximate surface area is 68.5 Å². The van der Waals surface area contributed by atoms with Gasteiger partial charge in [-0.3, -0.25) is 8.37 Å². The minimum atomic E-state index is -2.17. The van der Waals surface area contributed by atoms with Crippen molar-refractivity contribution in [2.24, 2.45) is 0 Å². The maximum atomic E-state index is 10.5. The van der Waals surface area contributed by atoms with Gasteiger partial charge in [0, 0.05) is 4.57 Å². The zero-order valence-corrected chi connectivity index (χ0v) is 7.83. The summed E-state index contributed by atoms with van der Waals surface area (Å²) in [5.41, 5.74) is 0. The molecule has 60 valence electrons. The molecule has 0 rings (SSSR count). The highest BCUT2D eigenvalue weighted by Gasteiger charge is 2.23. The second-order valence-electron chi connectivity index (χ2n) is 0.842. The van der Waals surface area contributed by atoms with Gasteiger partial charge in [-0.25, -0.2) is 0 Å². The molecule has 5 nitrogen and oxygen atoms in total. The summed E-state index contributed by atoms with van der Waals surface area (Å²) >= 11 is 1.18. The lowest BCUT2D eigenvalue weighted by Crippen LogP contribution is -1.71. The van der Waals surface area contributed by atoms with Crippen LogP contribution < -0.4 is 0 Å². The van der Waals surface area contributed by atoms with Crippen LogP contribution >= 0.6 is 32.9 Å². The maximum Gasteiger partial charge on any atom is 0.727 e. The van der Waals surface area contributed by atoms with Crippen molar-refractivity contribution in [1.29, 1.82) is 0 Å². The lowest BCUT2D eigenvalue weighted by atomic mass is 11.8. The molecule has 0 aromatic carbocycles. The van der Waals surface area contributed by atoms with E-state index in [2.05, 4.69) is 16.3 Å². The fourth-order valence-electron chi connectivity index (χ4n) is 0.123. The third-order valence-corrected chi connectivity index (χ3v) is 2.05. The predicted octanol–water partition coefficient (Wildman–Crippen LogP) is 2.10. The average molecular weight is 205 g/mol. The lowest BCUT2D eigenvalue weighted by molar-refractivity contribution is 0.391. The molecule has 10 heavy (non-hydrogen) atoms. The summed E-state index contributed by atoms with van der Waals surface area (Å²) in [4.78, 5) is 0. The van der Waals surface area contributed by atoms with Crippen LogP contribution in [-0.4, -0.2) is 14.2 Å². The largest absolute Gasteiger partial charge is 0.727 e. The Kier molecular flexibility index (Phi) is 8.24. The second kappa shape index (κ2) is 7.74. The maximum absolute atomic E-state index is 10.5. The molecule has 0 aliphatic rings. The third kappa shape index (κ3) is 6.76. The summed E-state index contributed by atoms with van der Waals surface area (Å²) in [5, 5.41) is 0. The normalized spacial score (nSPS) is 9.80. The highest BCUT2D eigenvalue weighted by atomic mass is 32.2. The molecule has 0 aliphatic heterocycles. The molecule has 0 amide bonds. The average Bonchev–Trinajstić information content (AvgIpc) is 1.97. The summed E-state index contributed by atoms with van der Waals surface area (Å²) < 4.78 is 28.0. The van der Waals surface area contributed by atoms with E-state index in [1.54, 1.807) is 0 Å². The van der Waals surface area contributed by atoms with E-state index in [1.165, 1.54) is 14.2 Å². The van der Waals surface area contributed by atoms with E-state index in [9.17, 15) is 4.57 Å². The van der Waals surface area contributed by atoms with Gasteiger partial charge in [-0.15, -0.1) is 0 Å². The molecule has 0 saturated heterocycles. The fraction of sp³-hybridized carbons (Fsp3) is 1.00. The minimum Gasteiger partial charge on any atom is -0.291 e. The Balaban J connectivity index is 3.09. The molecule has 0 N–H and O–H groups in total. The first kappa shape index (κ1) is 10.6. The quantitative estimate of drug-likeness (QED) is 0.486. The molecule has 0 unspecified atom stereocenters. The van der Waals surface area contributed by atoms with Gasteiger partial charge in [0.25, 0.3) is 0 Å². The Morgan fingerprint density at radius 2 is 1.50 bits per heavy atom. The topological polar surface area (TPSA) is 54.0 Å². The van der Waals surface area contributed by atoms with Gasteiger partial charge < -0.3 is 0 Å². The van der Waals surface area contributed by atoms with Crippen LogP contribution in [0.3, 0.4) is 0 Å². The Bertz CT molecular complexity index is 89.6. The van der Waals surface area contributed by atoms with Crippen LogP contribution in [-0.2, 0) is 20.9 Å². The van der Waals surface area contributed by atoms with E-state index < -0.39 is 8.25 Å². The standard InChI is InChI=1S/C2H6O5PS2/c1-4-9-6-8(3)7-10-5-2/h1-2H3/q+1. The summed E-state index contributed by atoms with van der Waals surface area (Å²) in [5.74, 6) is 0. The molecular weight excluding hydrogens is 199 g/mol. The zero-order chi connectivity index (χ0) is 7.82. The van der Waals surface area contributed by atoms with E-state index in [-0.39, 0.29) is 0 Å². The third-order valence-electron chi connectivity index (χ3n) is 0.319. The van der Waals surface area contributed by atoms with Crippen LogP contribution in [0.15, 0.2) is 0 Å². The van der Waals surface area contributed by atoms with E-state index >= 15 is 0 Å².